The van der Waals surface area contributed by atoms with Gasteiger partial charge in [0, 0.05) is 36.8 Å². The van der Waals surface area contributed by atoms with E-state index in [0.29, 0.717) is 17.2 Å². The molecule has 0 bridgehead atoms. The molecule has 0 radical (unpaired) electrons. The monoisotopic (exact) mass is 459 g/mol. The van der Waals surface area contributed by atoms with Crippen LogP contribution in [0.25, 0.3) is 21.6 Å². The zero-order valence-electron chi connectivity index (χ0n) is 18.6. The molecule has 2 N–H and O–H groups in total. The predicted molar refractivity (Wildman–Crippen MR) is 132 cm³/mol. The number of ether oxygens (including phenoxy) is 1. The van der Waals surface area contributed by atoms with Gasteiger partial charge >= 0.3 is 0 Å². The molecule has 4 aromatic rings. The molecule has 1 fully saturated rings. The maximum Gasteiger partial charge on any atom is 0.168 e. The highest BCUT2D eigenvalue weighted by Crippen LogP contribution is 2.33. The lowest BCUT2D eigenvalue weighted by atomic mass is 10.0. The molecule has 0 aliphatic carbocycles. The number of hydrogen-bond acceptors (Lipinski definition) is 8. The highest BCUT2D eigenvalue weighted by Gasteiger charge is 2.26. The molecular formula is C25H25N5O2S. The summed E-state index contributed by atoms with van der Waals surface area (Å²) in [6.45, 7) is 5.76. The Morgan fingerprint density at radius 2 is 1.97 bits per heavy atom. The van der Waals surface area contributed by atoms with Crippen LogP contribution in [0.4, 0.5) is 11.6 Å². The number of hydrogen-bond donors (Lipinski definition) is 1. The lowest BCUT2D eigenvalue weighted by Crippen LogP contribution is -2.45. The molecule has 1 aliphatic heterocycles. The van der Waals surface area contributed by atoms with Crippen LogP contribution in [-0.2, 0) is 11.2 Å². The number of Topliss-reactive ketones (excluding diaryl/α,β-unsaturated/α-hetero) is 1. The fraction of sp³-hybridized carbons (Fsp3) is 0.280. The number of carbonyl (C=O) groups is 1. The second-order valence-corrected chi connectivity index (χ2v) is 9.36. The smallest absolute Gasteiger partial charge is 0.168 e. The van der Waals surface area contributed by atoms with E-state index in [0.717, 1.165) is 40.3 Å². The van der Waals surface area contributed by atoms with Gasteiger partial charge in [0.05, 0.1) is 22.4 Å². The van der Waals surface area contributed by atoms with Crippen molar-refractivity contribution >= 4 is 39.0 Å². The van der Waals surface area contributed by atoms with Crippen LogP contribution < -0.4 is 10.6 Å². The van der Waals surface area contributed by atoms with Crippen molar-refractivity contribution in [3.63, 3.8) is 0 Å². The number of nitrogens with two attached hydrogens (primary N) is 1. The summed E-state index contributed by atoms with van der Waals surface area (Å²) >= 11 is 1.66. The highest BCUT2D eigenvalue weighted by atomic mass is 32.1. The largest absolute Gasteiger partial charge is 0.384 e. The van der Waals surface area contributed by atoms with Crippen molar-refractivity contribution in [2.24, 2.45) is 0 Å². The maximum absolute atomic E-state index is 12.7. The Hall–Kier alpha value is -3.36. The van der Waals surface area contributed by atoms with Gasteiger partial charge in [0.15, 0.2) is 17.4 Å². The fourth-order valence-corrected chi connectivity index (χ4v) is 5.07. The summed E-state index contributed by atoms with van der Waals surface area (Å²) in [6, 6.07) is 13.2. The number of pyridine rings is 1. The van der Waals surface area contributed by atoms with E-state index in [-0.39, 0.29) is 24.4 Å². The summed E-state index contributed by atoms with van der Waals surface area (Å²) in [4.78, 5) is 28.8. The average molecular weight is 460 g/mol. The van der Waals surface area contributed by atoms with Gasteiger partial charge in [-0.15, -0.1) is 11.3 Å². The molecule has 1 saturated heterocycles. The third kappa shape index (κ3) is 4.58. The van der Waals surface area contributed by atoms with E-state index in [1.54, 1.807) is 23.5 Å². The quantitative estimate of drug-likeness (QED) is 0.443. The van der Waals surface area contributed by atoms with E-state index in [1.165, 1.54) is 6.20 Å². The van der Waals surface area contributed by atoms with Gasteiger partial charge in [0.2, 0.25) is 0 Å². The topological polar surface area (TPSA) is 94.2 Å². The van der Waals surface area contributed by atoms with Crippen LogP contribution in [0.2, 0.25) is 0 Å². The molecule has 8 heteroatoms. The second kappa shape index (κ2) is 8.88. The third-order valence-electron chi connectivity index (χ3n) is 5.66. The molecule has 0 amide bonds. The van der Waals surface area contributed by atoms with E-state index in [1.807, 2.05) is 30.3 Å². The maximum atomic E-state index is 12.7. The lowest BCUT2D eigenvalue weighted by molar-refractivity contribution is -0.00536. The Morgan fingerprint density at radius 3 is 2.73 bits per heavy atom. The number of aromatic nitrogens is 3. The molecule has 1 aliphatic rings. The van der Waals surface area contributed by atoms with Gasteiger partial charge in [0.1, 0.15) is 5.82 Å². The van der Waals surface area contributed by atoms with Crippen LogP contribution in [0.15, 0.2) is 54.0 Å². The average Bonchev–Trinajstić information content (AvgIpc) is 3.27. The van der Waals surface area contributed by atoms with Gasteiger partial charge in [-0.3, -0.25) is 4.79 Å². The number of morpholine rings is 1. The second-order valence-electron chi connectivity index (χ2n) is 8.44. The van der Waals surface area contributed by atoms with E-state index < -0.39 is 0 Å². The molecule has 5 rings (SSSR count). The number of nitrogen functional groups attached to an aromatic ring is 1. The third-order valence-corrected chi connectivity index (χ3v) is 6.56. The summed E-state index contributed by atoms with van der Waals surface area (Å²) in [7, 11) is 0. The normalized spacial score (nSPS) is 18.5. The van der Waals surface area contributed by atoms with Crippen LogP contribution in [-0.4, -0.2) is 46.0 Å². The molecule has 4 heterocycles. The van der Waals surface area contributed by atoms with Crippen LogP contribution in [0.1, 0.15) is 29.8 Å². The van der Waals surface area contributed by atoms with E-state index in [9.17, 15) is 4.79 Å². The Bertz CT molecular complexity index is 1290. The lowest BCUT2D eigenvalue weighted by Gasteiger charge is -2.36. The molecule has 2 atom stereocenters. The molecule has 0 saturated carbocycles. The first-order valence-corrected chi connectivity index (χ1v) is 11.8. The highest BCUT2D eigenvalue weighted by molar-refractivity contribution is 7.17. The Labute approximate surface area is 196 Å². The summed E-state index contributed by atoms with van der Waals surface area (Å²) in [5.74, 6) is 1.99. The molecule has 2 unspecified atom stereocenters. The number of carbonyl (C=O) groups excluding carboxylic acids is 1. The van der Waals surface area contributed by atoms with Crippen molar-refractivity contribution < 1.29 is 9.53 Å². The zero-order chi connectivity index (χ0) is 22.9. The van der Waals surface area contributed by atoms with E-state index in [2.05, 4.69) is 29.1 Å². The van der Waals surface area contributed by atoms with Gasteiger partial charge in [0.25, 0.3) is 0 Å². The number of thiophene rings is 1. The van der Waals surface area contributed by atoms with Crippen molar-refractivity contribution in [2.75, 3.05) is 23.7 Å². The molecular weight excluding hydrogens is 434 g/mol. The molecule has 33 heavy (non-hydrogen) atoms. The van der Waals surface area contributed by atoms with Crippen molar-refractivity contribution in [3.8, 4) is 11.4 Å². The van der Waals surface area contributed by atoms with Gasteiger partial charge in [-0.05, 0) is 49.1 Å². The van der Waals surface area contributed by atoms with Crippen LogP contribution in [0, 0.1) is 0 Å². The number of nitrogens with zero attached hydrogens (tertiary/aromatic N) is 4. The molecule has 1 aromatic carbocycles. The minimum Gasteiger partial charge on any atom is -0.384 e. The summed E-state index contributed by atoms with van der Waals surface area (Å²) in [6.07, 6.45) is 2.07. The van der Waals surface area contributed by atoms with Crippen LogP contribution >= 0.6 is 11.3 Å². The summed E-state index contributed by atoms with van der Waals surface area (Å²) < 4.78 is 7.00. The predicted octanol–water partition coefficient (Wildman–Crippen LogP) is 4.37. The van der Waals surface area contributed by atoms with Crippen LogP contribution in [0.5, 0.6) is 0 Å². The first-order chi connectivity index (χ1) is 16.0. The first-order valence-electron chi connectivity index (χ1n) is 11.0. The molecule has 168 valence electrons. The van der Waals surface area contributed by atoms with Gasteiger partial charge in [-0.25, -0.2) is 15.0 Å². The molecule has 7 nitrogen and oxygen atoms in total. The standard InChI is InChI=1S/C25H25N5O2S/c1-15-13-30(14-16(2)32-15)25-23-20(8-9-33-23)28-24(29-25)18-5-3-4-17(10-18)11-21(31)19-6-7-22(26)27-12-19/h3-10,12,15-16H,11,13-14H2,1-2H3,(H2,26,27). The Kier molecular flexibility index (Phi) is 5.78. The van der Waals surface area contributed by atoms with Gasteiger partial charge in [-0.1, -0.05) is 18.2 Å². The van der Waals surface area contributed by atoms with Crippen molar-refractivity contribution in [2.45, 2.75) is 32.5 Å². The summed E-state index contributed by atoms with van der Waals surface area (Å²) in [5.41, 5.74) is 8.90. The molecule has 3 aromatic heterocycles. The number of fused-ring (bicyclic) bond motifs is 1. The van der Waals surface area contributed by atoms with Crippen LogP contribution in [0.3, 0.4) is 0 Å². The van der Waals surface area contributed by atoms with E-state index in [4.69, 9.17) is 20.4 Å². The Morgan fingerprint density at radius 1 is 1.15 bits per heavy atom. The van der Waals surface area contributed by atoms with Gasteiger partial charge in [-0.2, -0.15) is 0 Å². The van der Waals surface area contributed by atoms with Crippen molar-refractivity contribution in [1.82, 2.24) is 15.0 Å². The number of anilines is 2. The summed E-state index contributed by atoms with van der Waals surface area (Å²) in [5, 5.41) is 2.05. The fourth-order valence-electron chi connectivity index (χ4n) is 4.22. The number of benzene rings is 1. The minimum atomic E-state index is -0.00849. The van der Waals surface area contributed by atoms with E-state index >= 15 is 0 Å². The zero-order valence-corrected chi connectivity index (χ0v) is 19.4. The molecule has 0 spiro atoms. The number of rotatable bonds is 5. The van der Waals surface area contributed by atoms with Crippen molar-refractivity contribution in [1.29, 1.82) is 0 Å². The number of ketones is 1. The van der Waals surface area contributed by atoms with Crippen molar-refractivity contribution in [3.05, 3.63) is 65.2 Å². The Balaban J connectivity index is 1.47. The SMILES string of the molecule is CC1CN(c2nc(-c3cccc(CC(=O)c4ccc(N)nc4)c3)nc3ccsc23)CC(C)O1. The van der Waals surface area contributed by atoms with Gasteiger partial charge < -0.3 is 15.4 Å². The minimum absolute atomic E-state index is 0.00849. The first kappa shape index (κ1) is 21.5.